The second-order valence-corrected chi connectivity index (χ2v) is 5.14. The lowest BCUT2D eigenvalue weighted by molar-refractivity contribution is -0.138. The second kappa shape index (κ2) is 5.92. The number of aromatic nitrogens is 1. The maximum absolute atomic E-state index is 11.7. The zero-order chi connectivity index (χ0) is 13.8. The molecule has 1 aromatic rings. The van der Waals surface area contributed by atoms with E-state index in [9.17, 15) is 14.7 Å². The number of methoxy groups -OCH3 is 1. The van der Waals surface area contributed by atoms with Crippen LogP contribution in [0.5, 0.6) is 0 Å². The number of carbonyl (C=O) groups excluding carboxylic acids is 1. The van der Waals surface area contributed by atoms with Crippen molar-refractivity contribution >= 4 is 29.5 Å². The van der Waals surface area contributed by atoms with E-state index in [1.807, 2.05) is 0 Å². The van der Waals surface area contributed by atoms with E-state index >= 15 is 0 Å². The van der Waals surface area contributed by atoms with Crippen LogP contribution in [0.3, 0.4) is 0 Å². The first-order valence-corrected chi connectivity index (χ1v) is 6.91. The molecule has 6 nitrogen and oxygen atoms in total. The first kappa shape index (κ1) is 13.7. The molecule has 19 heavy (non-hydrogen) atoms. The van der Waals surface area contributed by atoms with Crippen LogP contribution < -0.4 is 4.90 Å². The second-order valence-electron chi connectivity index (χ2n) is 3.99. The van der Waals surface area contributed by atoms with Crippen LogP contribution in [0.2, 0.25) is 0 Å². The number of hydrogen-bond donors (Lipinski definition) is 1. The molecule has 2 heterocycles. The number of carboxylic acid groups (broad SMARTS) is 1. The van der Waals surface area contributed by atoms with Gasteiger partial charge >= 0.3 is 11.9 Å². The third kappa shape index (κ3) is 2.81. The summed E-state index contributed by atoms with van der Waals surface area (Å²) in [6.45, 7) is 0.544. The summed E-state index contributed by atoms with van der Waals surface area (Å²) in [6, 6.07) is 2.55. The maximum atomic E-state index is 11.7. The predicted octanol–water partition coefficient (Wildman–Crippen LogP) is 0.875. The van der Waals surface area contributed by atoms with Crippen molar-refractivity contribution in [1.29, 1.82) is 0 Å². The Morgan fingerprint density at radius 3 is 3.05 bits per heavy atom. The summed E-state index contributed by atoms with van der Waals surface area (Å²) in [6.07, 6.45) is 1.54. The number of nitrogens with zero attached hydrogens (tertiary/aromatic N) is 2. The van der Waals surface area contributed by atoms with Gasteiger partial charge in [-0.1, -0.05) is 0 Å². The van der Waals surface area contributed by atoms with Crippen molar-refractivity contribution in [2.45, 2.75) is 6.04 Å². The Kier molecular flexibility index (Phi) is 4.26. The molecule has 1 aliphatic heterocycles. The van der Waals surface area contributed by atoms with E-state index in [1.165, 1.54) is 7.11 Å². The Balaban J connectivity index is 2.39. The zero-order valence-electron chi connectivity index (χ0n) is 10.4. The van der Waals surface area contributed by atoms with Crippen LogP contribution in [-0.2, 0) is 9.53 Å². The standard InChI is InChI=1S/C12H14N2O4S/c1-18-12(17)8-3-2-4-13-10(8)14-5-6-19-7-9(14)11(15)16/h2-4,9H,5-7H2,1H3,(H,15,16). The number of pyridine rings is 1. The Bertz CT molecular complexity index is 494. The van der Waals surface area contributed by atoms with Gasteiger partial charge in [-0.15, -0.1) is 0 Å². The molecular formula is C12H14N2O4S. The molecule has 1 fully saturated rings. The first-order chi connectivity index (χ1) is 9.15. The molecule has 102 valence electrons. The highest BCUT2D eigenvalue weighted by Gasteiger charge is 2.32. The highest BCUT2D eigenvalue weighted by Crippen LogP contribution is 2.25. The molecule has 0 aromatic carbocycles. The molecule has 7 heteroatoms. The number of thioether (sulfide) groups is 1. The molecule has 1 aliphatic rings. The van der Waals surface area contributed by atoms with Crippen LogP contribution >= 0.6 is 11.8 Å². The number of hydrogen-bond acceptors (Lipinski definition) is 6. The largest absolute Gasteiger partial charge is 0.480 e. The monoisotopic (exact) mass is 282 g/mol. The third-order valence-electron chi connectivity index (χ3n) is 2.88. The van der Waals surface area contributed by atoms with Crippen molar-refractivity contribution < 1.29 is 19.4 Å². The van der Waals surface area contributed by atoms with Gasteiger partial charge in [0.25, 0.3) is 0 Å². The van der Waals surface area contributed by atoms with Crippen LogP contribution in [0.15, 0.2) is 18.3 Å². The van der Waals surface area contributed by atoms with Crippen molar-refractivity contribution in [3.8, 4) is 0 Å². The van der Waals surface area contributed by atoms with Crippen molar-refractivity contribution in [2.24, 2.45) is 0 Å². The van der Waals surface area contributed by atoms with Gasteiger partial charge in [0.1, 0.15) is 17.4 Å². The van der Waals surface area contributed by atoms with Crippen molar-refractivity contribution in [1.82, 2.24) is 4.98 Å². The fourth-order valence-electron chi connectivity index (χ4n) is 1.96. The van der Waals surface area contributed by atoms with Crippen molar-refractivity contribution in [2.75, 3.05) is 30.1 Å². The zero-order valence-corrected chi connectivity index (χ0v) is 11.2. The van der Waals surface area contributed by atoms with E-state index in [0.29, 0.717) is 23.7 Å². The molecule has 2 rings (SSSR count). The lowest BCUT2D eigenvalue weighted by Crippen LogP contribution is -2.48. The van der Waals surface area contributed by atoms with Crippen molar-refractivity contribution in [3.05, 3.63) is 23.9 Å². The van der Waals surface area contributed by atoms with Gasteiger partial charge in [-0.2, -0.15) is 11.8 Å². The van der Waals surface area contributed by atoms with Crippen LogP contribution in [0, 0.1) is 0 Å². The number of esters is 1. The van der Waals surface area contributed by atoms with Gasteiger partial charge in [-0.3, -0.25) is 0 Å². The summed E-state index contributed by atoms with van der Waals surface area (Å²) in [5.41, 5.74) is 0.295. The average molecular weight is 282 g/mol. The highest BCUT2D eigenvalue weighted by molar-refractivity contribution is 7.99. The Morgan fingerprint density at radius 2 is 2.37 bits per heavy atom. The van der Waals surface area contributed by atoms with Crippen molar-refractivity contribution in [3.63, 3.8) is 0 Å². The lowest BCUT2D eigenvalue weighted by atomic mass is 10.2. The van der Waals surface area contributed by atoms with Gasteiger partial charge in [0, 0.05) is 24.2 Å². The highest BCUT2D eigenvalue weighted by atomic mass is 32.2. The number of rotatable bonds is 3. The normalized spacial score (nSPS) is 19.0. The van der Waals surface area contributed by atoms with E-state index in [-0.39, 0.29) is 0 Å². The minimum Gasteiger partial charge on any atom is -0.480 e. The smallest absolute Gasteiger partial charge is 0.341 e. The fourth-order valence-corrected chi connectivity index (χ4v) is 3.00. The maximum Gasteiger partial charge on any atom is 0.341 e. The molecule has 1 atom stereocenters. The molecule has 1 unspecified atom stereocenters. The summed E-state index contributed by atoms with van der Waals surface area (Å²) < 4.78 is 4.71. The van der Waals surface area contributed by atoms with Gasteiger partial charge in [-0.25, -0.2) is 14.6 Å². The quantitative estimate of drug-likeness (QED) is 0.824. The van der Waals surface area contributed by atoms with Crippen LogP contribution in [0.25, 0.3) is 0 Å². The number of anilines is 1. The third-order valence-corrected chi connectivity index (χ3v) is 3.90. The molecule has 0 aliphatic carbocycles. The summed E-state index contributed by atoms with van der Waals surface area (Å²) in [5, 5.41) is 9.26. The van der Waals surface area contributed by atoms with E-state index in [1.54, 1.807) is 35.0 Å². The van der Waals surface area contributed by atoms with E-state index in [2.05, 4.69) is 4.98 Å². The molecule has 0 bridgehead atoms. The number of ether oxygens (including phenoxy) is 1. The molecule has 0 amide bonds. The first-order valence-electron chi connectivity index (χ1n) is 5.75. The van der Waals surface area contributed by atoms with Crippen LogP contribution in [-0.4, -0.2) is 53.2 Å². The van der Waals surface area contributed by atoms with Gasteiger partial charge < -0.3 is 14.7 Å². The number of carbonyl (C=O) groups is 2. The summed E-state index contributed by atoms with van der Waals surface area (Å²) >= 11 is 1.58. The molecule has 0 saturated carbocycles. The molecular weight excluding hydrogens is 268 g/mol. The Labute approximate surface area is 114 Å². The van der Waals surface area contributed by atoms with E-state index < -0.39 is 18.0 Å². The SMILES string of the molecule is COC(=O)c1cccnc1N1CCSCC1C(=O)O. The molecule has 0 radical (unpaired) electrons. The molecule has 1 saturated heterocycles. The number of carboxylic acids is 1. The topological polar surface area (TPSA) is 79.7 Å². The summed E-state index contributed by atoms with van der Waals surface area (Å²) in [5.74, 6) is 0.245. The van der Waals surface area contributed by atoms with Gasteiger partial charge in [-0.05, 0) is 12.1 Å². The van der Waals surface area contributed by atoms with Crippen LogP contribution in [0.1, 0.15) is 10.4 Å². The van der Waals surface area contributed by atoms with Gasteiger partial charge in [0.2, 0.25) is 0 Å². The van der Waals surface area contributed by atoms with E-state index in [4.69, 9.17) is 4.74 Å². The summed E-state index contributed by atoms with van der Waals surface area (Å²) in [4.78, 5) is 28.8. The Morgan fingerprint density at radius 1 is 1.58 bits per heavy atom. The van der Waals surface area contributed by atoms with Crippen LogP contribution in [0.4, 0.5) is 5.82 Å². The lowest BCUT2D eigenvalue weighted by Gasteiger charge is -2.34. The van der Waals surface area contributed by atoms with Gasteiger partial charge in [0.15, 0.2) is 0 Å². The molecule has 1 N–H and O–H groups in total. The number of aliphatic carboxylic acids is 1. The Hall–Kier alpha value is -1.76. The predicted molar refractivity (Wildman–Crippen MR) is 71.7 cm³/mol. The minimum absolute atomic E-state index is 0.295. The fraction of sp³-hybridized carbons (Fsp3) is 0.417. The van der Waals surface area contributed by atoms with E-state index in [0.717, 1.165) is 5.75 Å². The minimum atomic E-state index is -0.909. The summed E-state index contributed by atoms with van der Waals surface area (Å²) in [7, 11) is 1.29. The van der Waals surface area contributed by atoms with Gasteiger partial charge in [0.05, 0.1) is 7.11 Å². The molecule has 0 spiro atoms. The molecule has 1 aromatic heterocycles. The average Bonchev–Trinajstić information content (AvgIpc) is 2.46.